The zero-order valence-electron chi connectivity index (χ0n) is 15.6. The van der Waals surface area contributed by atoms with Gasteiger partial charge < -0.3 is 5.32 Å². The molecule has 2 aromatic rings. The SMILES string of the molecule is O=S1(=O)C[C@H](NCCc2cccs2)[C@@H](S(=O)(=O)c2ccc3c(c2)CCCC3)C1. The van der Waals surface area contributed by atoms with E-state index in [1.54, 1.807) is 23.5 Å². The Balaban J connectivity index is 1.55. The van der Waals surface area contributed by atoms with Gasteiger partial charge in [0.1, 0.15) is 0 Å². The molecule has 1 aromatic carbocycles. The topological polar surface area (TPSA) is 80.3 Å². The lowest BCUT2D eigenvalue weighted by atomic mass is 9.92. The number of sulfone groups is 2. The minimum absolute atomic E-state index is 0.119. The van der Waals surface area contributed by atoms with Gasteiger partial charge in [-0.05, 0) is 66.8 Å². The Labute approximate surface area is 171 Å². The maximum atomic E-state index is 13.3. The van der Waals surface area contributed by atoms with E-state index in [-0.39, 0.29) is 16.4 Å². The van der Waals surface area contributed by atoms with Crippen molar-refractivity contribution in [3.8, 4) is 0 Å². The number of thiophene rings is 1. The number of rotatable bonds is 6. The largest absolute Gasteiger partial charge is 0.311 e. The van der Waals surface area contributed by atoms with Gasteiger partial charge in [0.2, 0.25) is 0 Å². The summed E-state index contributed by atoms with van der Waals surface area (Å²) in [7, 11) is -7.09. The normalized spacial score (nSPS) is 24.1. The Morgan fingerprint density at radius 1 is 1.07 bits per heavy atom. The first-order chi connectivity index (χ1) is 13.4. The van der Waals surface area contributed by atoms with Crippen molar-refractivity contribution in [2.24, 2.45) is 0 Å². The van der Waals surface area contributed by atoms with Gasteiger partial charge in [-0.25, -0.2) is 16.8 Å². The van der Waals surface area contributed by atoms with Crippen molar-refractivity contribution in [3.63, 3.8) is 0 Å². The molecule has 1 saturated heterocycles. The van der Waals surface area contributed by atoms with Gasteiger partial charge in [-0.15, -0.1) is 11.3 Å². The van der Waals surface area contributed by atoms with Crippen LogP contribution in [-0.2, 0) is 38.9 Å². The van der Waals surface area contributed by atoms with Crippen LogP contribution in [0.3, 0.4) is 0 Å². The van der Waals surface area contributed by atoms with Crippen LogP contribution >= 0.6 is 11.3 Å². The molecule has 2 aliphatic rings. The Hall–Kier alpha value is -1.22. The molecule has 5 nitrogen and oxygen atoms in total. The van der Waals surface area contributed by atoms with Crippen molar-refractivity contribution in [2.45, 2.75) is 48.3 Å². The predicted octanol–water partition coefficient (Wildman–Crippen LogP) is 2.40. The second-order valence-corrected chi connectivity index (χ2v) is 13.0. The van der Waals surface area contributed by atoms with Gasteiger partial charge in [0.15, 0.2) is 19.7 Å². The van der Waals surface area contributed by atoms with Crippen LogP contribution in [0.1, 0.15) is 28.8 Å². The Morgan fingerprint density at radius 2 is 1.86 bits per heavy atom. The lowest BCUT2D eigenvalue weighted by molar-refractivity contribution is 0.529. The van der Waals surface area contributed by atoms with Crippen LogP contribution in [0.5, 0.6) is 0 Å². The summed E-state index contributed by atoms with van der Waals surface area (Å²) in [6.45, 7) is 0.566. The van der Waals surface area contributed by atoms with Crippen LogP contribution in [0.2, 0.25) is 0 Å². The number of hydrogen-bond donors (Lipinski definition) is 1. The first-order valence-electron chi connectivity index (χ1n) is 9.67. The van der Waals surface area contributed by atoms with Crippen LogP contribution in [0.4, 0.5) is 0 Å². The molecular formula is C20H25NO4S3. The summed E-state index contributed by atoms with van der Waals surface area (Å²) in [6, 6.07) is 8.78. The van der Waals surface area contributed by atoms with Crippen molar-refractivity contribution in [1.29, 1.82) is 0 Å². The van der Waals surface area contributed by atoms with Crippen molar-refractivity contribution < 1.29 is 16.8 Å². The van der Waals surface area contributed by atoms with E-state index in [0.717, 1.165) is 37.7 Å². The van der Waals surface area contributed by atoms with Crippen LogP contribution in [0.25, 0.3) is 0 Å². The molecule has 2 heterocycles. The van der Waals surface area contributed by atoms with Crippen LogP contribution in [0.15, 0.2) is 40.6 Å². The number of fused-ring (bicyclic) bond motifs is 1. The summed E-state index contributed by atoms with van der Waals surface area (Å²) in [4.78, 5) is 1.46. The predicted molar refractivity (Wildman–Crippen MR) is 113 cm³/mol. The molecule has 1 aliphatic carbocycles. The van der Waals surface area contributed by atoms with Gasteiger partial charge in [0.05, 0.1) is 21.7 Å². The molecule has 0 bridgehead atoms. The number of nitrogens with one attached hydrogen (secondary N) is 1. The summed E-state index contributed by atoms with van der Waals surface area (Å²) >= 11 is 1.64. The van der Waals surface area contributed by atoms with E-state index in [4.69, 9.17) is 0 Å². The first kappa shape index (κ1) is 20.1. The maximum Gasteiger partial charge on any atom is 0.183 e. The van der Waals surface area contributed by atoms with Crippen LogP contribution in [0, 0.1) is 0 Å². The molecule has 0 radical (unpaired) electrons. The molecule has 1 fully saturated rings. The number of hydrogen-bond acceptors (Lipinski definition) is 6. The summed E-state index contributed by atoms with van der Waals surface area (Å²) in [5.41, 5.74) is 2.31. The summed E-state index contributed by atoms with van der Waals surface area (Å²) in [6.07, 6.45) is 4.85. The average Bonchev–Trinajstić information content (AvgIpc) is 3.29. The van der Waals surface area contributed by atoms with E-state index in [1.807, 2.05) is 23.6 Å². The van der Waals surface area contributed by atoms with E-state index in [9.17, 15) is 16.8 Å². The lowest BCUT2D eigenvalue weighted by Crippen LogP contribution is -2.44. The molecule has 152 valence electrons. The fourth-order valence-corrected chi connectivity index (χ4v) is 9.68. The van der Waals surface area contributed by atoms with Gasteiger partial charge in [-0.1, -0.05) is 12.1 Å². The van der Waals surface area contributed by atoms with E-state index < -0.39 is 31.0 Å². The molecule has 0 amide bonds. The highest BCUT2D eigenvalue weighted by Gasteiger charge is 2.45. The third kappa shape index (κ3) is 4.20. The van der Waals surface area contributed by atoms with Gasteiger partial charge >= 0.3 is 0 Å². The van der Waals surface area contributed by atoms with Crippen molar-refractivity contribution in [1.82, 2.24) is 5.32 Å². The quantitative estimate of drug-likeness (QED) is 0.748. The van der Waals surface area contributed by atoms with Crippen LogP contribution < -0.4 is 5.32 Å². The third-order valence-corrected chi connectivity index (χ3v) is 10.8. The average molecular weight is 440 g/mol. The third-order valence-electron chi connectivity index (χ3n) is 5.71. The highest BCUT2D eigenvalue weighted by molar-refractivity contribution is 7.96. The molecule has 2 atom stereocenters. The summed E-state index contributed by atoms with van der Waals surface area (Å²) < 4.78 is 51.1. The minimum atomic E-state index is -3.72. The van der Waals surface area contributed by atoms with Gasteiger partial charge in [-0.3, -0.25) is 0 Å². The van der Waals surface area contributed by atoms with E-state index in [0.29, 0.717) is 6.54 Å². The van der Waals surface area contributed by atoms with Crippen molar-refractivity contribution in [2.75, 3.05) is 18.1 Å². The number of aryl methyl sites for hydroxylation is 2. The molecule has 1 aromatic heterocycles. The van der Waals surface area contributed by atoms with E-state index in [1.165, 1.54) is 10.4 Å². The van der Waals surface area contributed by atoms with Crippen molar-refractivity contribution in [3.05, 3.63) is 51.7 Å². The van der Waals surface area contributed by atoms with Gasteiger partial charge in [0.25, 0.3) is 0 Å². The van der Waals surface area contributed by atoms with Gasteiger partial charge in [0, 0.05) is 17.5 Å². The first-order valence-corrected chi connectivity index (χ1v) is 13.9. The monoisotopic (exact) mass is 439 g/mol. The van der Waals surface area contributed by atoms with Crippen molar-refractivity contribution >= 4 is 31.0 Å². The second kappa shape index (κ2) is 7.89. The number of benzene rings is 1. The Morgan fingerprint density at radius 3 is 2.61 bits per heavy atom. The maximum absolute atomic E-state index is 13.3. The lowest BCUT2D eigenvalue weighted by Gasteiger charge is -2.22. The smallest absolute Gasteiger partial charge is 0.183 e. The van der Waals surface area contributed by atoms with Gasteiger partial charge in [-0.2, -0.15) is 0 Å². The van der Waals surface area contributed by atoms with E-state index >= 15 is 0 Å². The Bertz CT molecular complexity index is 1040. The molecule has 8 heteroatoms. The standard InChI is InChI=1S/C20H25NO4S3/c22-27(23)13-19(21-10-9-17-6-3-11-26-17)20(14-27)28(24,25)18-8-7-15-4-1-2-5-16(15)12-18/h3,6-8,11-12,19-21H,1-2,4-5,9-10,13-14H2/t19-,20-/m0/s1. The fourth-order valence-electron chi connectivity index (χ4n) is 4.21. The highest BCUT2D eigenvalue weighted by Crippen LogP contribution is 2.29. The zero-order chi connectivity index (χ0) is 19.8. The van der Waals surface area contributed by atoms with E-state index in [2.05, 4.69) is 5.32 Å². The minimum Gasteiger partial charge on any atom is -0.311 e. The highest BCUT2D eigenvalue weighted by atomic mass is 32.2. The molecule has 0 saturated carbocycles. The fraction of sp³-hybridized carbons (Fsp3) is 0.500. The second-order valence-electron chi connectivity index (χ2n) is 7.69. The summed E-state index contributed by atoms with van der Waals surface area (Å²) in [5, 5.41) is 4.28. The molecular weight excluding hydrogens is 414 g/mol. The zero-order valence-corrected chi connectivity index (χ0v) is 18.1. The molecule has 0 spiro atoms. The molecule has 0 unspecified atom stereocenters. The molecule has 1 N–H and O–H groups in total. The van der Waals surface area contributed by atoms with Crippen LogP contribution in [-0.4, -0.2) is 46.2 Å². The molecule has 1 aliphatic heterocycles. The Kier molecular flexibility index (Phi) is 5.66. The summed E-state index contributed by atoms with van der Waals surface area (Å²) in [5.74, 6) is -0.421. The molecule has 4 rings (SSSR count). The molecule has 28 heavy (non-hydrogen) atoms.